The molecule has 13 heavy (non-hydrogen) atoms. The number of hydrogen-bond donors (Lipinski definition) is 2. The Morgan fingerprint density at radius 2 is 2.15 bits per heavy atom. The van der Waals surface area contributed by atoms with Gasteiger partial charge in [-0.05, 0) is 24.1 Å². The SMILES string of the molecule is C=C1Nc2cc(Cl)cc(CC)c2N1. The zero-order valence-electron chi connectivity index (χ0n) is 7.45. The van der Waals surface area contributed by atoms with Gasteiger partial charge in [-0.25, -0.2) is 0 Å². The molecular weight excluding hydrogens is 184 g/mol. The lowest BCUT2D eigenvalue weighted by molar-refractivity contribution is 1.15. The van der Waals surface area contributed by atoms with E-state index in [0.717, 1.165) is 28.6 Å². The molecule has 0 atom stereocenters. The molecule has 3 heteroatoms. The topological polar surface area (TPSA) is 24.1 Å². The molecule has 0 aliphatic carbocycles. The van der Waals surface area contributed by atoms with Crippen LogP contribution in [0.25, 0.3) is 0 Å². The quantitative estimate of drug-likeness (QED) is 0.718. The highest BCUT2D eigenvalue weighted by Gasteiger charge is 2.16. The van der Waals surface area contributed by atoms with Gasteiger partial charge in [0, 0.05) is 5.02 Å². The highest BCUT2D eigenvalue weighted by molar-refractivity contribution is 6.31. The van der Waals surface area contributed by atoms with Crippen molar-refractivity contribution < 1.29 is 0 Å². The first-order chi connectivity index (χ1) is 6.20. The molecule has 1 aliphatic heterocycles. The summed E-state index contributed by atoms with van der Waals surface area (Å²) in [5, 5.41) is 7.07. The fourth-order valence-electron chi connectivity index (χ4n) is 1.53. The maximum atomic E-state index is 5.96. The second kappa shape index (κ2) is 2.96. The van der Waals surface area contributed by atoms with E-state index in [0.29, 0.717) is 0 Å². The third kappa shape index (κ3) is 1.38. The van der Waals surface area contributed by atoms with Crippen LogP contribution in [0.2, 0.25) is 5.02 Å². The number of hydrogen-bond acceptors (Lipinski definition) is 2. The maximum Gasteiger partial charge on any atom is 0.100 e. The molecule has 0 saturated heterocycles. The van der Waals surface area contributed by atoms with E-state index in [1.165, 1.54) is 5.56 Å². The predicted molar refractivity (Wildman–Crippen MR) is 57.2 cm³/mol. The number of benzene rings is 1. The van der Waals surface area contributed by atoms with Crippen molar-refractivity contribution in [3.05, 3.63) is 35.1 Å². The highest BCUT2D eigenvalue weighted by Crippen LogP contribution is 2.36. The number of rotatable bonds is 1. The van der Waals surface area contributed by atoms with E-state index in [-0.39, 0.29) is 0 Å². The molecule has 2 nitrogen and oxygen atoms in total. The van der Waals surface area contributed by atoms with Crippen molar-refractivity contribution in [1.29, 1.82) is 0 Å². The van der Waals surface area contributed by atoms with Gasteiger partial charge in [0.25, 0.3) is 0 Å². The fourth-order valence-corrected chi connectivity index (χ4v) is 1.77. The molecule has 0 saturated carbocycles. The van der Waals surface area contributed by atoms with Gasteiger partial charge >= 0.3 is 0 Å². The number of fused-ring (bicyclic) bond motifs is 1. The molecule has 0 spiro atoms. The molecule has 1 heterocycles. The monoisotopic (exact) mass is 194 g/mol. The third-order valence-electron chi connectivity index (χ3n) is 2.13. The van der Waals surface area contributed by atoms with Crippen LogP contribution in [-0.2, 0) is 6.42 Å². The summed E-state index contributed by atoms with van der Waals surface area (Å²) >= 11 is 5.96. The lowest BCUT2D eigenvalue weighted by Crippen LogP contribution is -1.95. The van der Waals surface area contributed by atoms with Crippen LogP contribution < -0.4 is 10.6 Å². The Labute approximate surface area is 82.6 Å². The van der Waals surface area contributed by atoms with E-state index in [1.54, 1.807) is 0 Å². The smallest absolute Gasteiger partial charge is 0.100 e. The second-order valence-electron chi connectivity index (χ2n) is 3.07. The first kappa shape index (κ1) is 8.45. The largest absolute Gasteiger partial charge is 0.341 e. The van der Waals surface area contributed by atoms with Crippen molar-refractivity contribution in [2.75, 3.05) is 10.6 Å². The van der Waals surface area contributed by atoms with Crippen molar-refractivity contribution in [3.8, 4) is 0 Å². The van der Waals surface area contributed by atoms with Gasteiger partial charge in [0.05, 0.1) is 11.4 Å². The Kier molecular flexibility index (Phi) is 1.93. The first-order valence-corrected chi connectivity index (χ1v) is 4.64. The summed E-state index contributed by atoms with van der Waals surface area (Å²) in [4.78, 5) is 0. The molecule has 0 radical (unpaired) electrons. The Hall–Kier alpha value is -1.15. The summed E-state index contributed by atoms with van der Waals surface area (Å²) < 4.78 is 0. The van der Waals surface area contributed by atoms with E-state index >= 15 is 0 Å². The summed E-state index contributed by atoms with van der Waals surface area (Å²) in [6.45, 7) is 5.91. The predicted octanol–water partition coefficient (Wildman–Crippen LogP) is 3.21. The van der Waals surface area contributed by atoms with Gasteiger partial charge in [-0.2, -0.15) is 0 Å². The average Bonchev–Trinajstić information content (AvgIpc) is 2.43. The van der Waals surface area contributed by atoms with E-state index in [4.69, 9.17) is 11.6 Å². The minimum atomic E-state index is 0.764. The van der Waals surface area contributed by atoms with Crippen molar-refractivity contribution in [3.63, 3.8) is 0 Å². The molecule has 1 aromatic carbocycles. The zero-order chi connectivity index (χ0) is 9.42. The van der Waals surface area contributed by atoms with E-state index < -0.39 is 0 Å². The van der Waals surface area contributed by atoms with Crippen molar-refractivity contribution in [2.24, 2.45) is 0 Å². The van der Waals surface area contributed by atoms with Crippen LogP contribution in [0.1, 0.15) is 12.5 Å². The molecule has 0 unspecified atom stereocenters. The minimum absolute atomic E-state index is 0.764. The number of anilines is 2. The Bertz CT molecular complexity index is 371. The van der Waals surface area contributed by atoms with Crippen molar-refractivity contribution >= 4 is 23.0 Å². The van der Waals surface area contributed by atoms with Gasteiger partial charge in [0.15, 0.2) is 0 Å². The molecule has 0 aromatic heterocycles. The van der Waals surface area contributed by atoms with Gasteiger partial charge < -0.3 is 10.6 Å². The summed E-state index contributed by atoms with van der Waals surface area (Å²) in [5.74, 6) is 0.812. The van der Waals surface area contributed by atoms with Crippen molar-refractivity contribution in [2.45, 2.75) is 13.3 Å². The summed E-state index contributed by atoms with van der Waals surface area (Å²) in [6.07, 6.45) is 0.963. The second-order valence-corrected chi connectivity index (χ2v) is 3.51. The zero-order valence-corrected chi connectivity index (χ0v) is 8.20. The third-order valence-corrected chi connectivity index (χ3v) is 2.35. The minimum Gasteiger partial charge on any atom is -0.341 e. The molecule has 2 rings (SSSR count). The Morgan fingerprint density at radius 1 is 1.38 bits per heavy atom. The van der Waals surface area contributed by atoms with Crippen LogP contribution >= 0.6 is 11.6 Å². The van der Waals surface area contributed by atoms with Gasteiger partial charge in [0.1, 0.15) is 5.82 Å². The van der Waals surface area contributed by atoms with Crippen LogP contribution in [0.15, 0.2) is 24.5 Å². The van der Waals surface area contributed by atoms with Gasteiger partial charge in [-0.15, -0.1) is 0 Å². The van der Waals surface area contributed by atoms with Crippen LogP contribution in [0.4, 0.5) is 11.4 Å². The van der Waals surface area contributed by atoms with Crippen LogP contribution in [0.3, 0.4) is 0 Å². The summed E-state index contributed by atoms with van der Waals surface area (Å²) in [7, 11) is 0. The van der Waals surface area contributed by atoms with Crippen molar-refractivity contribution in [1.82, 2.24) is 0 Å². The normalized spacial score (nSPS) is 13.5. The number of halogens is 1. The molecule has 0 fully saturated rings. The molecular formula is C10H11ClN2. The van der Waals surface area contributed by atoms with E-state index in [2.05, 4.69) is 24.1 Å². The van der Waals surface area contributed by atoms with E-state index in [1.807, 2.05) is 12.1 Å². The lowest BCUT2D eigenvalue weighted by Gasteiger charge is -2.05. The standard InChI is InChI=1S/C10H11ClN2/c1-3-7-4-8(11)5-9-10(7)13-6(2)12-9/h4-5,12-13H,2-3H2,1H3. The van der Waals surface area contributed by atoms with Gasteiger partial charge in [-0.1, -0.05) is 25.1 Å². The Morgan fingerprint density at radius 3 is 2.85 bits per heavy atom. The molecule has 68 valence electrons. The van der Waals surface area contributed by atoms with E-state index in [9.17, 15) is 0 Å². The van der Waals surface area contributed by atoms with Crippen LogP contribution in [0.5, 0.6) is 0 Å². The first-order valence-electron chi connectivity index (χ1n) is 4.26. The molecule has 0 amide bonds. The lowest BCUT2D eigenvalue weighted by atomic mass is 10.1. The number of aryl methyl sites for hydroxylation is 1. The number of nitrogens with one attached hydrogen (secondary N) is 2. The Balaban J connectivity index is 2.56. The van der Waals surface area contributed by atoms with Gasteiger partial charge in [0.2, 0.25) is 0 Å². The van der Waals surface area contributed by atoms with Crippen LogP contribution in [-0.4, -0.2) is 0 Å². The molecule has 1 aliphatic rings. The molecule has 0 bridgehead atoms. The van der Waals surface area contributed by atoms with Crippen LogP contribution in [0, 0.1) is 0 Å². The summed E-state index contributed by atoms with van der Waals surface area (Å²) in [6, 6.07) is 3.88. The molecule has 1 aromatic rings. The highest BCUT2D eigenvalue weighted by atomic mass is 35.5. The summed E-state index contributed by atoms with van der Waals surface area (Å²) in [5.41, 5.74) is 3.35. The maximum absolute atomic E-state index is 5.96. The van der Waals surface area contributed by atoms with Gasteiger partial charge in [-0.3, -0.25) is 0 Å². The fraction of sp³-hybridized carbons (Fsp3) is 0.200. The average molecular weight is 195 g/mol. The molecule has 2 N–H and O–H groups in total.